The van der Waals surface area contributed by atoms with Crippen molar-refractivity contribution in [3.63, 3.8) is 0 Å². The smallest absolute Gasteiger partial charge is 0.230 e. The van der Waals surface area contributed by atoms with Crippen molar-refractivity contribution in [2.45, 2.75) is 31.0 Å². The van der Waals surface area contributed by atoms with Gasteiger partial charge in [0, 0.05) is 36.8 Å². The topological polar surface area (TPSA) is 81.9 Å². The lowest BCUT2D eigenvalue weighted by Crippen LogP contribution is -2.32. The molecule has 1 N–H and O–H groups in total. The fourth-order valence-electron chi connectivity index (χ4n) is 3.19. The summed E-state index contributed by atoms with van der Waals surface area (Å²) < 4.78 is 7.53. The maximum absolute atomic E-state index is 12.3. The number of thioether (sulfide) groups is 1. The summed E-state index contributed by atoms with van der Waals surface area (Å²) in [5.74, 6) is 0.959. The Balaban J connectivity index is 1.52. The predicted octanol–water partition coefficient (Wildman–Crippen LogP) is 3.03. The Morgan fingerprint density at radius 2 is 2.00 bits per heavy atom. The number of benzene rings is 1. The molecule has 0 bridgehead atoms. The van der Waals surface area contributed by atoms with Crippen LogP contribution >= 0.6 is 11.8 Å². The molecule has 2 aromatic heterocycles. The zero-order chi connectivity index (χ0) is 20.1. The molecule has 0 aliphatic carbocycles. The summed E-state index contributed by atoms with van der Waals surface area (Å²) in [6.45, 7) is 3.40. The van der Waals surface area contributed by atoms with Crippen molar-refractivity contribution in [1.29, 1.82) is 0 Å². The van der Waals surface area contributed by atoms with Gasteiger partial charge in [0.15, 0.2) is 11.0 Å². The van der Waals surface area contributed by atoms with Gasteiger partial charge in [-0.25, -0.2) is 0 Å². The van der Waals surface area contributed by atoms with Crippen LogP contribution in [-0.2, 0) is 9.53 Å². The molecule has 0 unspecified atom stereocenters. The highest BCUT2D eigenvalue weighted by Crippen LogP contribution is 2.27. The molecule has 0 saturated carbocycles. The fraction of sp³-hybridized carbons (Fsp3) is 0.333. The first-order valence-corrected chi connectivity index (χ1v) is 10.6. The highest BCUT2D eigenvalue weighted by Gasteiger charge is 2.19. The molecule has 7 nitrogen and oxygen atoms in total. The molecule has 0 spiro atoms. The van der Waals surface area contributed by atoms with Gasteiger partial charge in [0.2, 0.25) is 5.91 Å². The molecule has 1 aromatic carbocycles. The lowest BCUT2D eigenvalue weighted by molar-refractivity contribution is -0.119. The van der Waals surface area contributed by atoms with Gasteiger partial charge in [-0.3, -0.25) is 14.3 Å². The first-order chi connectivity index (χ1) is 14.2. The molecule has 150 valence electrons. The molecule has 1 aliphatic rings. The summed E-state index contributed by atoms with van der Waals surface area (Å²) in [6, 6.07) is 12.0. The van der Waals surface area contributed by atoms with E-state index in [4.69, 9.17) is 4.74 Å². The first-order valence-electron chi connectivity index (χ1n) is 9.64. The Kier molecular flexibility index (Phi) is 6.21. The molecule has 1 amide bonds. The fourth-order valence-corrected chi connectivity index (χ4v) is 3.97. The van der Waals surface area contributed by atoms with E-state index in [1.54, 1.807) is 12.4 Å². The third kappa shape index (κ3) is 4.83. The summed E-state index contributed by atoms with van der Waals surface area (Å²) in [5, 5.41) is 12.4. The van der Waals surface area contributed by atoms with Crippen LogP contribution in [0.2, 0.25) is 0 Å². The zero-order valence-corrected chi connectivity index (χ0v) is 17.1. The SMILES string of the molecule is Cc1ccc(-n2c(SCC(=O)NC[C@H]3CCCO3)nnc2-c2ccncc2)cc1. The second-order valence-corrected chi connectivity index (χ2v) is 7.88. The summed E-state index contributed by atoms with van der Waals surface area (Å²) in [5.41, 5.74) is 3.05. The monoisotopic (exact) mass is 409 g/mol. The number of rotatable bonds is 7. The Morgan fingerprint density at radius 1 is 1.21 bits per heavy atom. The molecule has 1 aliphatic heterocycles. The molecule has 1 fully saturated rings. The van der Waals surface area contributed by atoms with Gasteiger partial charge in [0.25, 0.3) is 0 Å². The molecule has 4 rings (SSSR count). The van der Waals surface area contributed by atoms with Crippen LogP contribution in [0.5, 0.6) is 0 Å². The van der Waals surface area contributed by atoms with Crippen LogP contribution in [0.1, 0.15) is 18.4 Å². The van der Waals surface area contributed by atoms with Crippen molar-refractivity contribution in [1.82, 2.24) is 25.1 Å². The molecule has 1 saturated heterocycles. The summed E-state index contributed by atoms with van der Waals surface area (Å²) in [4.78, 5) is 16.4. The lowest BCUT2D eigenvalue weighted by Gasteiger charge is -2.12. The Morgan fingerprint density at radius 3 is 2.72 bits per heavy atom. The average Bonchev–Trinajstić information content (AvgIpc) is 3.42. The summed E-state index contributed by atoms with van der Waals surface area (Å²) >= 11 is 1.37. The van der Waals surface area contributed by atoms with Gasteiger partial charge in [-0.1, -0.05) is 29.5 Å². The van der Waals surface area contributed by atoms with Crippen molar-refractivity contribution in [3.8, 4) is 17.1 Å². The third-order valence-electron chi connectivity index (χ3n) is 4.75. The van der Waals surface area contributed by atoms with Gasteiger partial charge in [-0.15, -0.1) is 10.2 Å². The maximum Gasteiger partial charge on any atom is 0.230 e. The van der Waals surface area contributed by atoms with Gasteiger partial charge in [0.05, 0.1) is 11.9 Å². The second kappa shape index (κ2) is 9.19. The van der Waals surface area contributed by atoms with Crippen molar-refractivity contribution in [2.24, 2.45) is 0 Å². The number of carbonyl (C=O) groups excluding carboxylic acids is 1. The number of ether oxygens (including phenoxy) is 1. The van der Waals surface area contributed by atoms with Crippen molar-refractivity contribution in [3.05, 3.63) is 54.4 Å². The van der Waals surface area contributed by atoms with E-state index in [1.807, 2.05) is 35.8 Å². The van der Waals surface area contributed by atoms with E-state index in [0.29, 0.717) is 11.7 Å². The van der Waals surface area contributed by atoms with Crippen molar-refractivity contribution >= 4 is 17.7 Å². The minimum Gasteiger partial charge on any atom is -0.376 e. The van der Waals surface area contributed by atoms with E-state index in [2.05, 4.69) is 32.6 Å². The Bertz CT molecular complexity index is 953. The lowest BCUT2D eigenvalue weighted by atomic mass is 10.2. The summed E-state index contributed by atoms with van der Waals surface area (Å²) in [6.07, 6.45) is 5.67. The minimum absolute atomic E-state index is 0.0329. The Labute approximate surface area is 173 Å². The number of aryl methyl sites for hydroxylation is 1. The first kappa shape index (κ1) is 19.6. The number of nitrogens with zero attached hydrogens (tertiary/aromatic N) is 4. The number of hydrogen-bond donors (Lipinski definition) is 1. The molecule has 29 heavy (non-hydrogen) atoms. The number of aromatic nitrogens is 4. The molecule has 1 atom stereocenters. The van der Waals surface area contributed by atoms with Crippen LogP contribution in [0.4, 0.5) is 0 Å². The number of hydrogen-bond acceptors (Lipinski definition) is 6. The van der Waals surface area contributed by atoms with Crippen molar-refractivity contribution in [2.75, 3.05) is 18.9 Å². The normalized spacial score (nSPS) is 16.1. The molecule has 3 aromatic rings. The van der Waals surface area contributed by atoms with Crippen LogP contribution in [0.15, 0.2) is 53.9 Å². The van der Waals surface area contributed by atoms with Gasteiger partial charge in [-0.05, 0) is 44.0 Å². The average molecular weight is 410 g/mol. The molecule has 3 heterocycles. The van der Waals surface area contributed by atoms with Crippen LogP contribution in [0.3, 0.4) is 0 Å². The largest absolute Gasteiger partial charge is 0.376 e. The highest BCUT2D eigenvalue weighted by molar-refractivity contribution is 7.99. The van der Waals surface area contributed by atoms with E-state index in [-0.39, 0.29) is 17.8 Å². The van der Waals surface area contributed by atoms with E-state index in [1.165, 1.54) is 17.3 Å². The third-order valence-corrected chi connectivity index (χ3v) is 5.68. The van der Waals surface area contributed by atoms with E-state index >= 15 is 0 Å². The summed E-state index contributed by atoms with van der Waals surface area (Å²) in [7, 11) is 0. The second-order valence-electron chi connectivity index (χ2n) is 6.94. The quantitative estimate of drug-likeness (QED) is 0.604. The van der Waals surface area contributed by atoms with Crippen LogP contribution in [0.25, 0.3) is 17.1 Å². The van der Waals surface area contributed by atoms with Gasteiger partial charge >= 0.3 is 0 Å². The number of carbonyl (C=O) groups is 1. The minimum atomic E-state index is -0.0329. The van der Waals surface area contributed by atoms with Gasteiger partial charge < -0.3 is 10.1 Å². The van der Waals surface area contributed by atoms with E-state index < -0.39 is 0 Å². The van der Waals surface area contributed by atoms with E-state index in [0.717, 1.165) is 36.5 Å². The van der Waals surface area contributed by atoms with Crippen molar-refractivity contribution < 1.29 is 9.53 Å². The Hall–Kier alpha value is -2.71. The molecule has 0 radical (unpaired) electrons. The van der Waals surface area contributed by atoms with E-state index in [9.17, 15) is 4.79 Å². The van der Waals surface area contributed by atoms with Crippen LogP contribution in [0, 0.1) is 6.92 Å². The molecular weight excluding hydrogens is 386 g/mol. The standard InChI is InChI=1S/C21H23N5O2S/c1-15-4-6-17(7-5-15)26-20(16-8-10-22-11-9-16)24-25-21(26)29-14-19(27)23-13-18-3-2-12-28-18/h4-11,18H,2-3,12-14H2,1H3,(H,23,27)/t18-/m1/s1. The number of pyridine rings is 1. The molecular formula is C21H23N5O2S. The van der Waals surface area contributed by atoms with Gasteiger partial charge in [-0.2, -0.15) is 0 Å². The molecule has 8 heteroatoms. The highest BCUT2D eigenvalue weighted by atomic mass is 32.2. The van der Waals surface area contributed by atoms with Crippen LogP contribution < -0.4 is 5.32 Å². The zero-order valence-electron chi connectivity index (χ0n) is 16.2. The van der Waals surface area contributed by atoms with Gasteiger partial charge in [0.1, 0.15) is 0 Å². The number of nitrogens with one attached hydrogen (secondary N) is 1. The predicted molar refractivity (Wildman–Crippen MR) is 112 cm³/mol. The number of amides is 1. The van der Waals surface area contributed by atoms with Crippen LogP contribution in [-0.4, -0.2) is 50.7 Å². The maximum atomic E-state index is 12.3.